The number of hydrogen-bond acceptors (Lipinski definition) is 2. The Kier molecular flexibility index (Phi) is 3.01. The molecule has 1 aliphatic heterocycles. The van der Waals surface area contributed by atoms with E-state index in [9.17, 15) is 0 Å². The second-order valence-electron chi connectivity index (χ2n) is 3.78. The number of rotatable bonds is 1. The van der Waals surface area contributed by atoms with Gasteiger partial charge in [0.15, 0.2) is 0 Å². The first-order valence-corrected chi connectivity index (χ1v) is 5.14. The maximum atomic E-state index is 5.72. The minimum Gasteiger partial charge on any atom is -0.375 e. The van der Waals surface area contributed by atoms with E-state index in [1.54, 1.807) is 5.92 Å². The van der Waals surface area contributed by atoms with Gasteiger partial charge < -0.3 is 10.1 Å². The smallest absolute Gasteiger partial charge is 0.0762 e. The molecule has 2 heteroatoms. The van der Waals surface area contributed by atoms with Gasteiger partial charge in [-0.05, 0) is 12.8 Å². The van der Waals surface area contributed by atoms with Crippen LogP contribution < -0.4 is 5.32 Å². The molecular formula is C10H18NO. The van der Waals surface area contributed by atoms with Crippen LogP contribution in [0.5, 0.6) is 0 Å². The summed E-state index contributed by atoms with van der Waals surface area (Å²) in [6.45, 7) is 2.98. The van der Waals surface area contributed by atoms with Crippen molar-refractivity contribution in [3.8, 4) is 0 Å². The Hall–Kier alpha value is -0.0800. The van der Waals surface area contributed by atoms with Crippen LogP contribution in [0.1, 0.15) is 32.1 Å². The van der Waals surface area contributed by atoms with Gasteiger partial charge in [-0.1, -0.05) is 19.3 Å². The molecular weight excluding hydrogens is 150 g/mol. The predicted octanol–water partition coefficient (Wildman–Crippen LogP) is 1.51. The van der Waals surface area contributed by atoms with E-state index in [4.69, 9.17) is 4.74 Å². The van der Waals surface area contributed by atoms with Crippen LogP contribution in [0.2, 0.25) is 0 Å². The molecule has 0 amide bonds. The second-order valence-corrected chi connectivity index (χ2v) is 3.78. The topological polar surface area (TPSA) is 21.3 Å². The monoisotopic (exact) mass is 168 g/mol. The summed E-state index contributed by atoms with van der Waals surface area (Å²) in [5.74, 6) is 1.66. The van der Waals surface area contributed by atoms with Gasteiger partial charge in [0.2, 0.25) is 0 Å². The third-order valence-electron chi connectivity index (χ3n) is 2.88. The van der Waals surface area contributed by atoms with Crippen molar-refractivity contribution in [1.29, 1.82) is 0 Å². The van der Waals surface area contributed by atoms with Crippen molar-refractivity contribution in [2.45, 2.75) is 38.2 Å². The third-order valence-corrected chi connectivity index (χ3v) is 2.88. The van der Waals surface area contributed by atoms with Gasteiger partial charge in [0.05, 0.1) is 12.7 Å². The van der Waals surface area contributed by atoms with Crippen molar-refractivity contribution >= 4 is 0 Å². The van der Waals surface area contributed by atoms with E-state index >= 15 is 0 Å². The summed E-state index contributed by atoms with van der Waals surface area (Å²) < 4.78 is 5.72. The van der Waals surface area contributed by atoms with Crippen LogP contribution in [0.25, 0.3) is 0 Å². The maximum Gasteiger partial charge on any atom is 0.0762 e. The van der Waals surface area contributed by atoms with Gasteiger partial charge in [-0.3, -0.25) is 0 Å². The van der Waals surface area contributed by atoms with E-state index in [2.05, 4.69) is 5.32 Å². The zero-order chi connectivity index (χ0) is 8.23. The molecule has 2 aliphatic rings. The van der Waals surface area contributed by atoms with E-state index in [0.29, 0.717) is 6.10 Å². The van der Waals surface area contributed by atoms with Gasteiger partial charge in [0.1, 0.15) is 0 Å². The first-order chi connectivity index (χ1) is 5.97. The molecule has 1 aliphatic carbocycles. The molecule has 1 radical (unpaired) electrons. The van der Waals surface area contributed by atoms with Crippen LogP contribution in [0, 0.1) is 5.92 Å². The van der Waals surface area contributed by atoms with Crippen molar-refractivity contribution in [3.63, 3.8) is 0 Å². The number of ether oxygens (including phenoxy) is 1. The largest absolute Gasteiger partial charge is 0.375 e. The minimum absolute atomic E-state index is 0.444. The fourth-order valence-corrected chi connectivity index (χ4v) is 2.16. The van der Waals surface area contributed by atoms with E-state index in [-0.39, 0.29) is 0 Å². The van der Waals surface area contributed by atoms with Crippen LogP contribution in [0.3, 0.4) is 0 Å². The molecule has 0 aromatic rings. The standard InChI is InChI=1S/C10H18NO/c1-2-4-9(5-3-1)10-8-11-6-7-12-10/h10-11H,1-8H2. The van der Waals surface area contributed by atoms with Crippen LogP contribution in [0.4, 0.5) is 0 Å². The second kappa shape index (κ2) is 4.24. The first kappa shape index (κ1) is 8.52. The molecule has 1 atom stereocenters. The average Bonchev–Trinajstić information content (AvgIpc) is 2.21. The van der Waals surface area contributed by atoms with E-state index < -0.39 is 0 Å². The van der Waals surface area contributed by atoms with Crippen LogP contribution >= 0.6 is 0 Å². The third kappa shape index (κ3) is 1.99. The molecule has 1 saturated carbocycles. The lowest BCUT2D eigenvalue weighted by atomic mass is 9.85. The molecule has 2 fully saturated rings. The van der Waals surface area contributed by atoms with Crippen LogP contribution in [-0.4, -0.2) is 25.8 Å². The minimum atomic E-state index is 0.444. The lowest BCUT2D eigenvalue weighted by molar-refractivity contribution is 0.0298. The highest BCUT2D eigenvalue weighted by atomic mass is 16.5. The molecule has 0 spiro atoms. The van der Waals surface area contributed by atoms with Crippen molar-refractivity contribution in [2.75, 3.05) is 19.7 Å². The molecule has 69 valence electrons. The molecule has 0 aromatic carbocycles. The highest BCUT2D eigenvalue weighted by molar-refractivity contribution is 5.01. The maximum absolute atomic E-state index is 5.72. The molecule has 12 heavy (non-hydrogen) atoms. The van der Waals surface area contributed by atoms with E-state index in [1.165, 1.54) is 32.1 Å². The van der Waals surface area contributed by atoms with Gasteiger partial charge in [-0.25, -0.2) is 0 Å². The SMILES string of the molecule is C1CC[C](C2CNCCO2)CC1. The van der Waals surface area contributed by atoms with Crippen molar-refractivity contribution in [3.05, 3.63) is 5.92 Å². The highest BCUT2D eigenvalue weighted by Gasteiger charge is 2.25. The highest BCUT2D eigenvalue weighted by Crippen LogP contribution is 2.30. The molecule has 1 N–H and O–H groups in total. The summed E-state index contributed by atoms with van der Waals surface area (Å²) in [6, 6.07) is 0. The molecule has 1 heterocycles. The zero-order valence-corrected chi connectivity index (χ0v) is 7.64. The number of hydrogen-bond donors (Lipinski definition) is 1. The summed E-state index contributed by atoms with van der Waals surface area (Å²) in [4.78, 5) is 0. The molecule has 1 unspecified atom stereocenters. The zero-order valence-electron chi connectivity index (χ0n) is 7.64. The normalized spacial score (nSPS) is 33.5. The quantitative estimate of drug-likeness (QED) is 0.641. The fourth-order valence-electron chi connectivity index (χ4n) is 2.16. The van der Waals surface area contributed by atoms with E-state index in [0.717, 1.165) is 19.7 Å². The van der Waals surface area contributed by atoms with Gasteiger partial charge >= 0.3 is 0 Å². The Morgan fingerprint density at radius 3 is 2.67 bits per heavy atom. The summed E-state index contributed by atoms with van der Waals surface area (Å²) in [5.41, 5.74) is 0. The van der Waals surface area contributed by atoms with Crippen molar-refractivity contribution in [2.24, 2.45) is 0 Å². The Morgan fingerprint density at radius 1 is 1.17 bits per heavy atom. The molecule has 0 bridgehead atoms. The molecule has 2 rings (SSSR count). The van der Waals surface area contributed by atoms with Gasteiger partial charge in [0, 0.05) is 19.0 Å². The summed E-state index contributed by atoms with van der Waals surface area (Å²) in [5, 5.41) is 3.39. The fraction of sp³-hybridized carbons (Fsp3) is 0.900. The van der Waals surface area contributed by atoms with Crippen molar-refractivity contribution < 1.29 is 4.74 Å². The van der Waals surface area contributed by atoms with E-state index in [1.807, 2.05) is 0 Å². The van der Waals surface area contributed by atoms with Crippen LogP contribution in [-0.2, 0) is 4.74 Å². The Morgan fingerprint density at radius 2 is 2.00 bits per heavy atom. The first-order valence-electron chi connectivity index (χ1n) is 5.14. The summed E-state index contributed by atoms with van der Waals surface area (Å²) in [6.07, 6.45) is 7.26. The van der Waals surface area contributed by atoms with Gasteiger partial charge in [-0.2, -0.15) is 0 Å². The van der Waals surface area contributed by atoms with Crippen LogP contribution in [0.15, 0.2) is 0 Å². The average molecular weight is 168 g/mol. The molecule has 1 saturated heterocycles. The Labute approximate surface area is 74.7 Å². The Balaban J connectivity index is 1.80. The number of morpholine rings is 1. The summed E-state index contributed by atoms with van der Waals surface area (Å²) >= 11 is 0. The lowest BCUT2D eigenvalue weighted by Crippen LogP contribution is -2.42. The summed E-state index contributed by atoms with van der Waals surface area (Å²) in [7, 11) is 0. The van der Waals surface area contributed by atoms with Crippen molar-refractivity contribution in [1.82, 2.24) is 5.32 Å². The molecule has 2 nitrogen and oxygen atoms in total. The molecule has 0 aromatic heterocycles. The van der Waals surface area contributed by atoms with Gasteiger partial charge in [-0.15, -0.1) is 0 Å². The Bertz CT molecular complexity index is 110. The predicted molar refractivity (Wildman–Crippen MR) is 48.9 cm³/mol. The lowest BCUT2D eigenvalue weighted by Gasteiger charge is -2.32. The number of nitrogens with one attached hydrogen (secondary N) is 1. The van der Waals surface area contributed by atoms with Gasteiger partial charge in [0.25, 0.3) is 0 Å².